The van der Waals surface area contributed by atoms with Gasteiger partial charge < -0.3 is 14.5 Å². The minimum absolute atomic E-state index is 0.219. The van der Waals surface area contributed by atoms with Crippen molar-refractivity contribution in [3.63, 3.8) is 0 Å². The third kappa shape index (κ3) is 6.36. The number of benzene rings is 4. The number of carboxylic acids is 1. The molecule has 9 heteroatoms. The molecule has 4 aromatic carbocycles. The Bertz CT molecular complexity index is 1740. The number of hydrogen-bond acceptors (Lipinski definition) is 5. The van der Waals surface area contributed by atoms with E-state index in [2.05, 4.69) is 5.16 Å². The number of aliphatic carboxylic acids is 1. The number of ketones is 1. The zero-order chi connectivity index (χ0) is 29.8. The van der Waals surface area contributed by atoms with Crippen molar-refractivity contribution in [3.8, 4) is 11.3 Å². The summed E-state index contributed by atoms with van der Waals surface area (Å²) in [6.07, 6.45) is 0.253. The standard InChI is InChI=1S/C33H25Cl3N2O4/c1-20-30(31(37-42-20)25-9-5-6-10-26(25)35)32(39)23-13-11-22(12-14-23)19-38(28-16-15-24(34)18-27(28)36)29(33(40)41)17-21-7-3-2-4-8-21/h2-16,18,29H,17,19H2,1H3,(H,40,41)/t29-/m0/s1. The van der Waals surface area contributed by atoms with Crippen molar-refractivity contribution >= 4 is 52.2 Å². The molecule has 0 aliphatic carbocycles. The summed E-state index contributed by atoms with van der Waals surface area (Å²) in [4.78, 5) is 27.9. The van der Waals surface area contributed by atoms with Crippen LogP contribution in [0.4, 0.5) is 5.69 Å². The van der Waals surface area contributed by atoms with E-state index in [1.165, 1.54) is 0 Å². The molecule has 0 bridgehead atoms. The first kappa shape index (κ1) is 29.4. The molecule has 0 radical (unpaired) electrons. The van der Waals surface area contributed by atoms with Crippen LogP contribution in [0.3, 0.4) is 0 Å². The van der Waals surface area contributed by atoms with Gasteiger partial charge in [-0.3, -0.25) is 4.79 Å². The molecule has 1 aromatic heterocycles. The van der Waals surface area contributed by atoms with Gasteiger partial charge in [0.1, 0.15) is 17.5 Å². The van der Waals surface area contributed by atoms with Gasteiger partial charge in [0.15, 0.2) is 5.78 Å². The van der Waals surface area contributed by atoms with E-state index in [-0.39, 0.29) is 18.7 Å². The fourth-order valence-corrected chi connectivity index (χ4v) is 5.57. The predicted molar refractivity (Wildman–Crippen MR) is 166 cm³/mol. The monoisotopic (exact) mass is 618 g/mol. The SMILES string of the molecule is Cc1onc(-c2ccccc2Cl)c1C(=O)c1ccc(CN(c2ccc(Cl)cc2Cl)[C@@H](Cc2ccccc2)C(=O)O)cc1. The Balaban J connectivity index is 1.46. The van der Waals surface area contributed by atoms with Gasteiger partial charge in [-0.2, -0.15) is 0 Å². The van der Waals surface area contributed by atoms with Crippen molar-refractivity contribution in [2.45, 2.75) is 25.9 Å². The number of anilines is 1. The highest BCUT2D eigenvalue weighted by atomic mass is 35.5. The predicted octanol–water partition coefficient (Wildman–Crippen LogP) is 8.54. The van der Waals surface area contributed by atoms with E-state index in [1.807, 2.05) is 36.4 Å². The Hall–Kier alpha value is -4.10. The molecule has 0 aliphatic rings. The number of aromatic nitrogens is 1. The number of carbonyl (C=O) groups is 2. The molecule has 0 fully saturated rings. The lowest BCUT2D eigenvalue weighted by Crippen LogP contribution is -2.42. The minimum Gasteiger partial charge on any atom is -0.480 e. The lowest BCUT2D eigenvalue weighted by Gasteiger charge is -2.32. The Morgan fingerprint density at radius 3 is 2.21 bits per heavy atom. The second kappa shape index (κ2) is 12.8. The van der Waals surface area contributed by atoms with E-state index in [0.29, 0.717) is 48.9 Å². The molecule has 5 aromatic rings. The lowest BCUT2D eigenvalue weighted by molar-refractivity contribution is -0.138. The van der Waals surface area contributed by atoms with Crippen molar-refractivity contribution in [1.82, 2.24) is 5.16 Å². The fraction of sp³-hybridized carbons (Fsp3) is 0.121. The highest BCUT2D eigenvalue weighted by Gasteiger charge is 2.29. The number of carbonyl (C=O) groups excluding carboxylic acids is 1. The van der Waals surface area contributed by atoms with Crippen molar-refractivity contribution < 1.29 is 19.2 Å². The first-order valence-corrected chi connectivity index (χ1v) is 14.2. The molecule has 6 nitrogen and oxygen atoms in total. The summed E-state index contributed by atoms with van der Waals surface area (Å²) in [5.74, 6) is -0.875. The van der Waals surface area contributed by atoms with Gasteiger partial charge in [0.05, 0.1) is 21.3 Å². The van der Waals surface area contributed by atoms with Gasteiger partial charge in [-0.15, -0.1) is 0 Å². The van der Waals surface area contributed by atoms with Crippen LogP contribution >= 0.6 is 34.8 Å². The summed E-state index contributed by atoms with van der Waals surface area (Å²) in [7, 11) is 0. The van der Waals surface area contributed by atoms with E-state index < -0.39 is 12.0 Å². The highest BCUT2D eigenvalue weighted by Crippen LogP contribution is 2.34. The zero-order valence-corrected chi connectivity index (χ0v) is 24.7. The van der Waals surface area contributed by atoms with Crippen LogP contribution in [0.15, 0.2) is 102 Å². The first-order valence-electron chi connectivity index (χ1n) is 13.1. The molecular weight excluding hydrogens is 595 g/mol. The number of aryl methyl sites for hydroxylation is 1. The molecule has 0 unspecified atom stereocenters. The van der Waals surface area contributed by atoms with Crippen molar-refractivity contribution in [1.29, 1.82) is 0 Å². The molecule has 0 saturated heterocycles. The summed E-state index contributed by atoms with van der Waals surface area (Å²) in [6, 6.07) is 27.6. The topological polar surface area (TPSA) is 83.6 Å². The second-order valence-electron chi connectivity index (χ2n) is 9.74. The maximum atomic E-state index is 13.6. The van der Waals surface area contributed by atoms with Gasteiger partial charge in [0.25, 0.3) is 0 Å². The molecule has 1 atom stereocenters. The molecule has 0 spiro atoms. The molecule has 0 aliphatic heterocycles. The van der Waals surface area contributed by atoms with Crippen LogP contribution in [0.2, 0.25) is 15.1 Å². The number of rotatable bonds is 10. The summed E-state index contributed by atoms with van der Waals surface area (Å²) in [5, 5.41) is 15.6. The largest absolute Gasteiger partial charge is 0.480 e. The molecule has 1 heterocycles. The van der Waals surface area contributed by atoms with Crippen LogP contribution in [0.25, 0.3) is 11.3 Å². The van der Waals surface area contributed by atoms with Gasteiger partial charge in [0, 0.05) is 29.1 Å². The van der Waals surface area contributed by atoms with Crippen molar-refractivity contribution in [2.75, 3.05) is 4.90 Å². The molecule has 212 valence electrons. The van der Waals surface area contributed by atoms with Crippen molar-refractivity contribution in [3.05, 3.63) is 140 Å². The van der Waals surface area contributed by atoms with Crippen LogP contribution in [0, 0.1) is 6.92 Å². The van der Waals surface area contributed by atoms with Gasteiger partial charge in [-0.1, -0.05) is 113 Å². The van der Waals surface area contributed by atoms with E-state index in [4.69, 9.17) is 39.3 Å². The first-order chi connectivity index (χ1) is 20.2. The van der Waals surface area contributed by atoms with Crippen LogP contribution in [-0.2, 0) is 17.8 Å². The average molecular weight is 620 g/mol. The molecule has 42 heavy (non-hydrogen) atoms. The fourth-order valence-electron chi connectivity index (χ4n) is 4.82. The number of carboxylic acid groups (broad SMARTS) is 1. The number of hydrogen-bond donors (Lipinski definition) is 1. The summed E-state index contributed by atoms with van der Waals surface area (Å²) in [5.41, 5.74) is 3.93. The van der Waals surface area contributed by atoms with Crippen LogP contribution in [-0.4, -0.2) is 28.1 Å². The van der Waals surface area contributed by atoms with Gasteiger partial charge >= 0.3 is 5.97 Å². The maximum absolute atomic E-state index is 13.6. The van der Waals surface area contributed by atoms with Crippen LogP contribution in [0.5, 0.6) is 0 Å². The summed E-state index contributed by atoms with van der Waals surface area (Å²) < 4.78 is 5.38. The zero-order valence-electron chi connectivity index (χ0n) is 22.4. The third-order valence-corrected chi connectivity index (χ3v) is 7.81. The van der Waals surface area contributed by atoms with Gasteiger partial charge in [0.2, 0.25) is 0 Å². The smallest absolute Gasteiger partial charge is 0.326 e. The number of nitrogens with zero attached hydrogens (tertiary/aromatic N) is 2. The summed E-state index contributed by atoms with van der Waals surface area (Å²) >= 11 is 19.1. The van der Waals surface area contributed by atoms with E-state index in [1.54, 1.807) is 72.5 Å². The average Bonchev–Trinajstić information content (AvgIpc) is 3.36. The quantitative estimate of drug-likeness (QED) is 0.158. The second-order valence-corrected chi connectivity index (χ2v) is 11.0. The summed E-state index contributed by atoms with van der Waals surface area (Å²) in [6.45, 7) is 1.90. The Morgan fingerprint density at radius 1 is 0.857 bits per heavy atom. The molecule has 0 saturated carbocycles. The van der Waals surface area contributed by atoms with Crippen molar-refractivity contribution in [2.24, 2.45) is 0 Å². The lowest BCUT2D eigenvalue weighted by atomic mass is 9.97. The molecule has 0 amide bonds. The van der Waals surface area contributed by atoms with E-state index >= 15 is 0 Å². The molecule has 5 rings (SSSR count). The Kier molecular flexibility index (Phi) is 8.97. The van der Waals surface area contributed by atoms with Crippen LogP contribution in [0.1, 0.15) is 32.8 Å². The highest BCUT2D eigenvalue weighted by molar-refractivity contribution is 6.36. The minimum atomic E-state index is -0.994. The van der Waals surface area contributed by atoms with E-state index in [9.17, 15) is 14.7 Å². The Labute approximate surface area is 258 Å². The molecular formula is C33H25Cl3N2O4. The van der Waals surface area contributed by atoms with Gasteiger partial charge in [-0.05, 0) is 42.3 Å². The molecule has 1 N–H and O–H groups in total. The van der Waals surface area contributed by atoms with E-state index in [0.717, 1.165) is 11.1 Å². The van der Waals surface area contributed by atoms with Gasteiger partial charge in [-0.25, -0.2) is 4.79 Å². The normalized spacial score (nSPS) is 11.7. The number of halogens is 3. The third-order valence-electron chi connectivity index (χ3n) is 6.94. The Morgan fingerprint density at radius 2 is 1.55 bits per heavy atom. The van der Waals surface area contributed by atoms with Crippen LogP contribution < -0.4 is 4.90 Å². The maximum Gasteiger partial charge on any atom is 0.326 e.